The topological polar surface area (TPSA) is 104 Å². The lowest BCUT2D eigenvalue weighted by molar-refractivity contribution is 0.409. The maximum atomic E-state index is 8.98. The van der Waals surface area contributed by atoms with E-state index in [0.29, 0.717) is 34.5 Å². The molecule has 4 rings (SSSR count). The number of benzene rings is 3. The van der Waals surface area contributed by atoms with E-state index < -0.39 is 0 Å². The van der Waals surface area contributed by atoms with Gasteiger partial charge in [0.25, 0.3) is 0 Å². The molecule has 7 heteroatoms. The summed E-state index contributed by atoms with van der Waals surface area (Å²) in [5.41, 5.74) is 3.75. The first kappa shape index (κ1) is 20.4. The average Bonchev–Trinajstić information content (AvgIpc) is 2.85. The number of anilines is 2. The van der Waals surface area contributed by atoms with Gasteiger partial charge in [-0.25, -0.2) is 4.98 Å². The number of aromatic nitrogens is 2. The minimum Gasteiger partial charge on any atom is -0.496 e. The third-order valence-corrected chi connectivity index (χ3v) is 4.62. The number of rotatable bonds is 6. The fraction of sp³-hybridized carbons (Fsp3) is 0.0400. The van der Waals surface area contributed by atoms with Crippen molar-refractivity contribution in [1.29, 1.82) is 10.5 Å². The first-order chi connectivity index (χ1) is 15.7. The van der Waals surface area contributed by atoms with Crippen molar-refractivity contribution in [3.05, 3.63) is 90.1 Å². The average molecular weight is 419 g/mol. The van der Waals surface area contributed by atoms with Crippen molar-refractivity contribution >= 4 is 11.6 Å². The Bertz CT molecular complexity index is 1320. The van der Waals surface area contributed by atoms with Gasteiger partial charge >= 0.3 is 0 Å². The van der Waals surface area contributed by atoms with E-state index in [1.807, 2.05) is 24.3 Å². The Morgan fingerprint density at radius 1 is 0.844 bits per heavy atom. The third kappa shape index (κ3) is 4.64. The van der Waals surface area contributed by atoms with Crippen molar-refractivity contribution in [2.75, 3.05) is 12.4 Å². The lowest BCUT2D eigenvalue weighted by Crippen LogP contribution is -1.98. The molecule has 0 unspecified atom stereocenters. The van der Waals surface area contributed by atoms with E-state index in [4.69, 9.17) is 20.0 Å². The van der Waals surface area contributed by atoms with E-state index in [-0.39, 0.29) is 0 Å². The summed E-state index contributed by atoms with van der Waals surface area (Å²) in [6, 6.07) is 25.6. The molecule has 0 atom stereocenters. The predicted octanol–water partition coefficient (Wildman–Crippen LogP) is 5.43. The summed E-state index contributed by atoms with van der Waals surface area (Å²) < 4.78 is 11.4. The number of nitrogens with zero attached hydrogens (tertiary/aromatic N) is 4. The zero-order valence-electron chi connectivity index (χ0n) is 17.1. The monoisotopic (exact) mass is 419 g/mol. The lowest BCUT2D eigenvalue weighted by atomic mass is 10.0. The third-order valence-electron chi connectivity index (χ3n) is 4.62. The van der Waals surface area contributed by atoms with E-state index in [1.54, 1.807) is 61.8 Å². The summed E-state index contributed by atoms with van der Waals surface area (Å²) >= 11 is 0. The minimum atomic E-state index is 0.365. The van der Waals surface area contributed by atoms with Crippen LogP contribution in [0.4, 0.5) is 11.6 Å². The van der Waals surface area contributed by atoms with E-state index in [9.17, 15) is 0 Å². The molecule has 0 amide bonds. The summed E-state index contributed by atoms with van der Waals surface area (Å²) in [6.45, 7) is 0. The van der Waals surface area contributed by atoms with Crippen molar-refractivity contribution < 1.29 is 9.47 Å². The molecular weight excluding hydrogens is 402 g/mol. The number of hydrogen-bond acceptors (Lipinski definition) is 7. The van der Waals surface area contributed by atoms with Gasteiger partial charge in [-0.05, 0) is 54.1 Å². The van der Waals surface area contributed by atoms with Gasteiger partial charge in [-0.2, -0.15) is 15.5 Å². The van der Waals surface area contributed by atoms with Gasteiger partial charge < -0.3 is 14.8 Å². The Kier molecular flexibility index (Phi) is 5.92. The molecule has 1 heterocycles. The number of methoxy groups -OCH3 is 1. The van der Waals surface area contributed by atoms with Gasteiger partial charge in [0, 0.05) is 29.6 Å². The van der Waals surface area contributed by atoms with Gasteiger partial charge in [-0.1, -0.05) is 12.1 Å². The highest BCUT2D eigenvalue weighted by molar-refractivity contribution is 5.72. The number of hydrogen-bond donors (Lipinski definition) is 1. The molecule has 0 radical (unpaired) electrons. The molecule has 4 aromatic rings. The van der Waals surface area contributed by atoms with Crippen LogP contribution in [0.1, 0.15) is 11.1 Å². The van der Waals surface area contributed by atoms with Crippen molar-refractivity contribution in [2.24, 2.45) is 0 Å². The molecule has 1 aromatic heterocycles. The van der Waals surface area contributed by atoms with Crippen LogP contribution in [0.5, 0.6) is 17.4 Å². The van der Waals surface area contributed by atoms with Crippen LogP contribution in [0, 0.1) is 22.7 Å². The fourth-order valence-corrected chi connectivity index (χ4v) is 3.03. The zero-order valence-corrected chi connectivity index (χ0v) is 17.1. The minimum absolute atomic E-state index is 0.365. The van der Waals surface area contributed by atoms with Crippen LogP contribution in [0.3, 0.4) is 0 Å². The van der Waals surface area contributed by atoms with E-state index in [2.05, 4.69) is 27.4 Å². The predicted molar refractivity (Wildman–Crippen MR) is 120 cm³/mol. The highest BCUT2D eigenvalue weighted by Crippen LogP contribution is 2.34. The normalized spacial score (nSPS) is 9.97. The largest absolute Gasteiger partial charge is 0.496 e. The second kappa shape index (κ2) is 9.29. The van der Waals surface area contributed by atoms with Gasteiger partial charge in [-0.3, -0.25) is 0 Å². The Hall–Kier alpha value is -4.88. The van der Waals surface area contributed by atoms with Crippen LogP contribution < -0.4 is 14.8 Å². The second-order valence-electron chi connectivity index (χ2n) is 6.69. The lowest BCUT2D eigenvalue weighted by Gasteiger charge is -2.12. The highest BCUT2D eigenvalue weighted by atomic mass is 16.5. The van der Waals surface area contributed by atoms with Gasteiger partial charge in [0.15, 0.2) is 0 Å². The summed E-state index contributed by atoms with van der Waals surface area (Å²) in [4.78, 5) is 8.59. The van der Waals surface area contributed by atoms with Crippen LogP contribution in [-0.2, 0) is 0 Å². The van der Waals surface area contributed by atoms with Crippen molar-refractivity contribution in [2.45, 2.75) is 0 Å². The van der Waals surface area contributed by atoms with Gasteiger partial charge in [0.2, 0.25) is 11.8 Å². The smallest absolute Gasteiger partial charge is 0.230 e. The Morgan fingerprint density at radius 3 is 2.19 bits per heavy atom. The molecule has 0 fully saturated rings. The quantitative estimate of drug-likeness (QED) is 0.444. The maximum Gasteiger partial charge on any atom is 0.230 e. The molecule has 0 saturated heterocycles. The zero-order chi connectivity index (χ0) is 22.3. The Labute approximate surface area is 185 Å². The summed E-state index contributed by atoms with van der Waals surface area (Å²) in [7, 11) is 1.59. The van der Waals surface area contributed by atoms with Crippen LogP contribution >= 0.6 is 0 Å². The van der Waals surface area contributed by atoms with E-state index in [0.717, 1.165) is 16.8 Å². The summed E-state index contributed by atoms with van der Waals surface area (Å²) in [5.74, 6) is 1.93. The Morgan fingerprint density at radius 2 is 1.53 bits per heavy atom. The number of nitrogens with one attached hydrogen (secondary N) is 1. The van der Waals surface area contributed by atoms with Crippen LogP contribution in [0.15, 0.2) is 79.0 Å². The molecule has 0 spiro atoms. The van der Waals surface area contributed by atoms with Gasteiger partial charge in [0.05, 0.1) is 30.4 Å². The van der Waals surface area contributed by atoms with Crippen molar-refractivity contribution in [1.82, 2.24) is 9.97 Å². The van der Waals surface area contributed by atoms with E-state index >= 15 is 0 Å². The summed E-state index contributed by atoms with van der Waals surface area (Å²) in [6.07, 6.45) is 1.59. The second-order valence-corrected chi connectivity index (χ2v) is 6.69. The molecule has 0 aliphatic rings. The number of nitriles is 2. The van der Waals surface area contributed by atoms with Crippen LogP contribution in [0.2, 0.25) is 0 Å². The number of ether oxygens (including phenoxy) is 2. The maximum absolute atomic E-state index is 8.98. The molecule has 32 heavy (non-hydrogen) atoms. The molecule has 7 nitrogen and oxygen atoms in total. The molecule has 0 aliphatic heterocycles. The molecule has 154 valence electrons. The molecule has 0 bridgehead atoms. The van der Waals surface area contributed by atoms with Gasteiger partial charge in [-0.15, -0.1) is 0 Å². The first-order valence-electron chi connectivity index (χ1n) is 9.65. The van der Waals surface area contributed by atoms with Crippen molar-refractivity contribution in [3.63, 3.8) is 0 Å². The van der Waals surface area contributed by atoms with Gasteiger partial charge in [0.1, 0.15) is 11.5 Å². The molecule has 0 saturated carbocycles. The molecule has 1 N–H and O–H groups in total. The summed E-state index contributed by atoms with van der Waals surface area (Å²) in [5, 5.41) is 21.0. The standard InChI is InChI=1S/C25H17N5O2/c1-31-23-14-21(10-11-22(23)19-6-2-17(15-26)3-7-19)32-24-12-13-28-25(30-24)29-20-8-4-18(16-27)5-9-20/h2-14H,1H3,(H,28,29,30). The van der Waals surface area contributed by atoms with E-state index in [1.165, 1.54) is 0 Å². The molecular formula is C25H17N5O2. The van der Waals surface area contributed by atoms with Crippen LogP contribution in [-0.4, -0.2) is 17.1 Å². The highest BCUT2D eigenvalue weighted by Gasteiger charge is 2.10. The molecule has 3 aromatic carbocycles. The van der Waals surface area contributed by atoms with Crippen LogP contribution in [0.25, 0.3) is 11.1 Å². The van der Waals surface area contributed by atoms with Crippen molar-refractivity contribution in [3.8, 4) is 40.6 Å². The fourth-order valence-electron chi connectivity index (χ4n) is 3.03. The molecule has 0 aliphatic carbocycles. The first-order valence-corrected chi connectivity index (χ1v) is 9.65. The Balaban J connectivity index is 1.53. The SMILES string of the molecule is COc1cc(Oc2ccnc(Nc3ccc(C#N)cc3)n2)ccc1-c1ccc(C#N)cc1.